The first-order valence-corrected chi connectivity index (χ1v) is 7.60. The van der Waals surface area contributed by atoms with Crippen molar-refractivity contribution in [3.8, 4) is 0 Å². The number of carbonyl (C=O) groups is 2. The summed E-state index contributed by atoms with van der Waals surface area (Å²) in [6.45, 7) is 6.18. The average molecular weight is 357 g/mol. The van der Waals surface area contributed by atoms with E-state index in [1.807, 2.05) is 0 Å². The molecule has 3 N–H and O–H groups in total. The van der Waals surface area contributed by atoms with E-state index in [1.165, 1.54) is 0 Å². The normalized spacial score (nSPS) is 10.5. The van der Waals surface area contributed by atoms with Gasteiger partial charge in [-0.25, -0.2) is 4.79 Å². The standard InChI is InChI=1S/C15H21BrN2O3/c1-9(2)4-5-18-14(19)8-21-15(20)12-6-11(16)7-13(17)10(12)3/h6-7,9H,4-5,8,17H2,1-3H3,(H,18,19). The van der Waals surface area contributed by atoms with Gasteiger partial charge in [-0.05, 0) is 37.0 Å². The third-order valence-corrected chi connectivity index (χ3v) is 3.47. The zero-order valence-corrected chi connectivity index (χ0v) is 14.1. The second kappa shape index (κ2) is 8.02. The predicted molar refractivity (Wildman–Crippen MR) is 86.0 cm³/mol. The van der Waals surface area contributed by atoms with Gasteiger partial charge in [-0.3, -0.25) is 4.79 Å². The molecule has 1 rings (SSSR count). The van der Waals surface area contributed by atoms with Crippen LogP contribution < -0.4 is 11.1 Å². The minimum atomic E-state index is -0.556. The molecule has 5 nitrogen and oxygen atoms in total. The highest BCUT2D eigenvalue weighted by Crippen LogP contribution is 2.23. The summed E-state index contributed by atoms with van der Waals surface area (Å²) in [5.74, 6) is -0.343. The lowest BCUT2D eigenvalue weighted by Gasteiger charge is -2.10. The molecule has 0 unspecified atom stereocenters. The number of esters is 1. The molecule has 0 bridgehead atoms. The molecule has 0 atom stereocenters. The Labute approximate surface area is 133 Å². The third kappa shape index (κ3) is 5.75. The Morgan fingerprint density at radius 3 is 2.67 bits per heavy atom. The summed E-state index contributed by atoms with van der Waals surface area (Å²) in [7, 11) is 0. The van der Waals surface area contributed by atoms with Crippen LogP contribution in [0.25, 0.3) is 0 Å². The SMILES string of the molecule is Cc1c(N)cc(Br)cc1C(=O)OCC(=O)NCCC(C)C. The number of hydrogen-bond donors (Lipinski definition) is 2. The van der Waals surface area contributed by atoms with Crippen molar-refractivity contribution >= 4 is 33.5 Å². The number of nitrogens with one attached hydrogen (secondary N) is 1. The molecule has 0 heterocycles. The Bertz CT molecular complexity index is 530. The van der Waals surface area contributed by atoms with Crippen molar-refractivity contribution in [3.63, 3.8) is 0 Å². The average Bonchev–Trinajstić information content (AvgIpc) is 2.39. The fourth-order valence-electron chi connectivity index (χ4n) is 1.67. The van der Waals surface area contributed by atoms with Gasteiger partial charge in [0.05, 0.1) is 5.56 Å². The van der Waals surface area contributed by atoms with Gasteiger partial charge in [0, 0.05) is 16.7 Å². The molecule has 0 aromatic heterocycles. The number of nitrogens with two attached hydrogens (primary N) is 1. The number of amides is 1. The van der Waals surface area contributed by atoms with Gasteiger partial charge in [0.15, 0.2) is 6.61 Å². The molecule has 116 valence electrons. The molecule has 1 aromatic carbocycles. The van der Waals surface area contributed by atoms with E-state index in [-0.39, 0.29) is 12.5 Å². The van der Waals surface area contributed by atoms with Crippen molar-refractivity contribution in [1.82, 2.24) is 5.32 Å². The number of carbonyl (C=O) groups excluding carboxylic acids is 2. The van der Waals surface area contributed by atoms with Crippen LogP contribution in [0.5, 0.6) is 0 Å². The summed E-state index contributed by atoms with van der Waals surface area (Å²) >= 11 is 3.28. The molecule has 6 heteroatoms. The molecule has 0 aliphatic heterocycles. The summed E-state index contributed by atoms with van der Waals surface area (Å²) in [5, 5.41) is 2.71. The molecular formula is C15H21BrN2O3. The topological polar surface area (TPSA) is 81.4 Å². The lowest BCUT2D eigenvalue weighted by atomic mass is 10.1. The molecule has 1 aromatic rings. The summed E-state index contributed by atoms with van der Waals surface area (Å²) in [5.41, 5.74) is 7.29. The predicted octanol–water partition coefficient (Wildman–Crippen LogP) is 2.66. The van der Waals surface area contributed by atoms with Gasteiger partial charge in [-0.1, -0.05) is 29.8 Å². The Balaban J connectivity index is 2.53. The smallest absolute Gasteiger partial charge is 0.339 e. The van der Waals surface area contributed by atoms with Gasteiger partial charge < -0.3 is 15.8 Å². The van der Waals surface area contributed by atoms with Gasteiger partial charge in [0.25, 0.3) is 5.91 Å². The van der Waals surface area contributed by atoms with E-state index in [9.17, 15) is 9.59 Å². The number of hydrogen-bond acceptors (Lipinski definition) is 4. The first-order chi connectivity index (χ1) is 9.81. The molecule has 0 saturated heterocycles. The Hall–Kier alpha value is -1.56. The molecule has 0 spiro atoms. The van der Waals surface area contributed by atoms with E-state index in [4.69, 9.17) is 10.5 Å². The zero-order chi connectivity index (χ0) is 16.0. The molecule has 0 fully saturated rings. The molecule has 21 heavy (non-hydrogen) atoms. The number of nitrogen functional groups attached to an aromatic ring is 1. The Morgan fingerprint density at radius 1 is 1.38 bits per heavy atom. The summed E-state index contributed by atoms with van der Waals surface area (Å²) in [6, 6.07) is 3.34. The summed E-state index contributed by atoms with van der Waals surface area (Å²) in [4.78, 5) is 23.5. The maximum absolute atomic E-state index is 12.0. The van der Waals surface area contributed by atoms with Crippen LogP contribution in [0.4, 0.5) is 5.69 Å². The maximum atomic E-state index is 12.0. The maximum Gasteiger partial charge on any atom is 0.339 e. The largest absolute Gasteiger partial charge is 0.452 e. The van der Waals surface area contributed by atoms with Gasteiger partial charge in [0.1, 0.15) is 0 Å². The quantitative estimate of drug-likeness (QED) is 0.606. The third-order valence-electron chi connectivity index (χ3n) is 3.01. The Morgan fingerprint density at radius 2 is 2.05 bits per heavy atom. The second-order valence-corrected chi connectivity index (χ2v) is 6.19. The number of halogens is 1. The first-order valence-electron chi connectivity index (χ1n) is 6.80. The lowest BCUT2D eigenvalue weighted by molar-refractivity contribution is -0.124. The highest BCUT2D eigenvalue weighted by Gasteiger charge is 2.15. The van der Waals surface area contributed by atoms with Gasteiger partial charge in [0.2, 0.25) is 0 Å². The van der Waals surface area contributed by atoms with E-state index >= 15 is 0 Å². The van der Waals surface area contributed by atoms with Crippen molar-refractivity contribution in [2.24, 2.45) is 5.92 Å². The van der Waals surface area contributed by atoms with Crippen LogP contribution >= 0.6 is 15.9 Å². The summed E-state index contributed by atoms with van der Waals surface area (Å²) < 4.78 is 5.70. The van der Waals surface area contributed by atoms with E-state index in [0.29, 0.717) is 33.7 Å². The van der Waals surface area contributed by atoms with Gasteiger partial charge in [-0.15, -0.1) is 0 Å². The molecule has 1 amide bonds. The monoisotopic (exact) mass is 356 g/mol. The van der Waals surface area contributed by atoms with Gasteiger partial charge in [-0.2, -0.15) is 0 Å². The van der Waals surface area contributed by atoms with Crippen LogP contribution in [0.15, 0.2) is 16.6 Å². The number of anilines is 1. The Kier molecular flexibility index (Phi) is 6.68. The van der Waals surface area contributed by atoms with Crippen molar-refractivity contribution in [1.29, 1.82) is 0 Å². The van der Waals surface area contributed by atoms with Gasteiger partial charge >= 0.3 is 5.97 Å². The molecule has 0 aliphatic carbocycles. The van der Waals surface area contributed by atoms with E-state index in [2.05, 4.69) is 35.1 Å². The van der Waals surface area contributed by atoms with E-state index in [0.717, 1.165) is 6.42 Å². The van der Waals surface area contributed by atoms with Crippen molar-refractivity contribution in [2.45, 2.75) is 27.2 Å². The fourth-order valence-corrected chi connectivity index (χ4v) is 2.15. The number of ether oxygens (including phenoxy) is 1. The van der Waals surface area contributed by atoms with Crippen molar-refractivity contribution in [3.05, 3.63) is 27.7 Å². The van der Waals surface area contributed by atoms with Crippen LogP contribution in [0.2, 0.25) is 0 Å². The molecular weight excluding hydrogens is 336 g/mol. The second-order valence-electron chi connectivity index (χ2n) is 5.28. The lowest BCUT2D eigenvalue weighted by Crippen LogP contribution is -2.30. The summed E-state index contributed by atoms with van der Waals surface area (Å²) in [6.07, 6.45) is 0.890. The van der Waals surface area contributed by atoms with Crippen LogP contribution in [-0.2, 0) is 9.53 Å². The molecule has 0 aliphatic rings. The minimum absolute atomic E-state index is 0.289. The van der Waals surface area contributed by atoms with E-state index in [1.54, 1.807) is 19.1 Å². The number of rotatable bonds is 6. The number of benzene rings is 1. The van der Waals surface area contributed by atoms with E-state index < -0.39 is 5.97 Å². The zero-order valence-electron chi connectivity index (χ0n) is 12.5. The fraction of sp³-hybridized carbons (Fsp3) is 0.467. The highest BCUT2D eigenvalue weighted by molar-refractivity contribution is 9.10. The van der Waals surface area contributed by atoms with Crippen molar-refractivity contribution < 1.29 is 14.3 Å². The minimum Gasteiger partial charge on any atom is -0.452 e. The first kappa shape index (κ1) is 17.5. The highest BCUT2D eigenvalue weighted by atomic mass is 79.9. The van der Waals surface area contributed by atoms with Crippen LogP contribution in [0.3, 0.4) is 0 Å². The van der Waals surface area contributed by atoms with Crippen LogP contribution in [0, 0.1) is 12.8 Å². The van der Waals surface area contributed by atoms with Crippen molar-refractivity contribution in [2.75, 3.05) is 18.9 Å². The van der Waals surface area contributed by atoms with Crippen LogP contribution in [0.1, 0.15) is 36.2 Å². The van der Waals surface area contributed by atoms with Crippen LogP contribution in [-0.4, -0.2) is 25.0 Å². The molecule has 0 saturated carbocycles. The molecule has 0 radical (unpaired) electrons.